The maximum Gasteiger partial charge on any atom is 0.407 e. The molecule has 0 saturated carbocycles. The van der Waals surface area contributed by atoms with Crippen molar-refractivity contribution < 1.29 is 36.9 Å². The Kier molecular flexibility index (Phi) is 7.52. The summed E-state index contributed by atoms with van der Waals surface area (Å²) in [5, 5.41) is 2.79. The van der Waals surface area contributed by atoms with Crippen molar-refractivity contribution in [2.75, 3.05) is 7.11 Å². The van der Waals surface area contributed by atoms with Crippen molar-refractivity contribution in [3.05, 3.63) is 69.3 Å². The monoisotopic (exact) mass is 440 g/mol. The molecule has 0 radical (unpaired) electrons. The molecule has 24 heavy (non-hydrogen) atoms. The van der Waals surface area contributed by atoms with Gasteiger partial charge in [0.2, 0.25) is 0 Å². The average Bonchev–Trinajstić information content (AvgIpc) is 2.62. The average molecular weight is 440 g/mol. The van der Waals surface area contributed by atoms with E-state index in [1.807, 2.05) is 84.1 Å². The minimum atomic E-state index is -0.429. The van der Waals surface area contributed by atoms with Crippen molar-refractivity contribution in [1.29, 1.82) is 0 Å². The van der Waals surface area contributed by atoms with Crippen molar-refractivity contribution in [3.63, 3.8) is 0 Å². The third-order valence-corrected chi connectivity index (χ3v) is 4.82. The van der Waals surface area contributed by atoms with Gasteiger partial charge in [-0.2, -0.15) is 0 Å². The molecule has 0 aliphatic heterocycles. The van der Waals surface area contributed by atoms with Gasteiger partial charge in [-0.05, 0) is 18.1 Å². The third kappa shape index (κ3) is 5.21. The SMILES string of the molecule is CC[C@H](OC(=O)NCc1ccccc1)[C@@H](OC)c1ccccc1[IH+]. The number of rotatable bonds is 7. The molecule has 2 aromatic carbocycles. The zero-order chi connectivity index (χ0) is 17.4. The second kappa shape index (κ2) is 9.64. The van der Waals surface area contributed by atoms with Gasteiger partial charge in [-0.25, -0.2) is 4.79 Å². The van der Waals surface area contributed by atoms with Crippen LogP contribution >= 0.6 is 0 Å². The van der Waals surface area contributed by atoms with Crippen molar-refractivity contribution in [2.45, 2.75) is 32.1 Å². The topological polar surface area (TPSA) is 47.6 Å². The van der Waals surface area contributed by atoms with Gasteiger partial charge in [0.1, 0.15) is 12.2 Å². The van der Waals surface area contributed by atoms with Crippen LogP contribution in [0.3, 0.4) is 0 Å². The molecule has 1 amide bonds. The van der Waals surface area contributed by atoms with Crippen LogP contribution in [0.15, 0.2) is 54.6 Å². The van der Waals surface area contributed by atoms with Gasteiger partial charge in [0.15, 0.2) is 3.57 Å². The quantitative estimate of drug-likeness (QED) is 0.640. The molecule has 2 rings (SSSR count). The Hall–Kier alpha value is -1.60. The van der Waals surface area contributed by atoms with Crippen LogP contribution in [0.5, 0.6) is 0 Å². The summed E-state index contributed by atoms with van der Waals surface area (Å²) in [6.07, 6.45) is -0.371. The minimum absolute atomic E-state index is 0.277. The maximum absolute atomic E-state index is 12.1. The Balaban J connectivity index is 1.99. The lowest BCUT2D eigenvalue weighted by Gasteiger charge is -2.25. The zero-order valence-corrected chi connectivity index (χ0v) is 16.2. The van der Waals surface area contributed by atoms with E-state index in [0.29, 0.717) is 13.0 Å². The second-order valence-electron chi connectivity index (χ2n) is 5.39. The van der Waals surface area contributed by atoms with Crippen LogP contribution in [0, 0.1) is 3.57 Å². The number of hydrogen-bond acceptors (Lipinski definition) is 3. The lowest BCUT2D eigenvalue weighted by molar-refractivity contribution is -0.331. The highest BCUT2D eigenvalue weighted by Crippen LogP contribution is 2.25. The van der Waals surface area contributed by atoms with Crippen molar-refractivity contribution >= 4 is 6.09 Å². The number of ether oxygens (including phenoxy) is 2. The van der Waals surface area contributed by atoms with E-state index in [-0.39, 0.29) is 12.2 Å². The summed E-state index contributed by atoms with van der Waals surface area (Å²) in [7, 11) is 1.64. The molecule has 1 N–H and O–H groups in total. The predicted octanol–water partition coefficient (Wildman–Crippen LogP) is 0.534. The highest BCUT2D eigenvalue weighted by atomic mass is 127. The normalized spacial score (nSPS) is 13.1. The van der Waals surface area contributed by atoms with Crippen LogP contribution in [-0.2, 0) is 16.0 Å². The standard InChI is InChI=1S/C19H22INO3/c1-3-17(18(23-2)15-11-7-8-12-16(15)20)24-19(22)21-13-14-9-5-4-6-10-14/h4-12,17-18,20H,3,13H2,1-2H3/p+1/t17-,18-/m0/s1. The van der Waals surface area contributed by atoms with Gasteiger partial charge in [-0.3, -0.25) is 0 Å². The van der Waals surface area contributed by atoms with Crippen LogP contribution < -0.4 is 27.9 Å². The first-order valence-electron chi connectivity index (χ1n) is 7.92. The first-order chi connectivity index (χ1) is 11.7. The Bertz CT molecular complexity index is 648. The number of alkyl carbamates (subject to hydrolysis) is 1. The Morgan fingerprint density at radius 3 is 2.42 bits per heavy atom. The summed E-state index contributed by atoms with van der Waals surface area (Å²) >= 11 is 1.95. The third-order valence-electron chi connectivity index (χ3n) is 3.76. The van der Waals surface area contributed by atoms with E-state index in [1.54, 1.807) is 7.11 Å². The minimum Gasteiger partial charge on any atom is -0.443 e. The lowest BCUT2D eigenvalue weighted by Crippen LogP contribution is -3.34. The molecule has 0 spiro atoms. The van der Waals surface area contributed by atoms with E-state index in [9.17, 15) is 4.79 Å². The van der Waals surface area contributed by atoms with Gasteiger partial charge in [0, 0.05) is 19.2 Å². The van der Waals surface area contributed by atoms with Gasteiger partial charge in [0.25, 0.3) is 22.6 Å². The Labute approximate surface area is 156 Å². The molecular formula is C19H23INO3+. The summed E-state index contributed by atoms with van der Waals surface area (Å²) in [6.45, 7) is 2.43. The van der Waals surface area contributed by atoms with E-state index in [2.05, 4.69) is 5.32 Å². The van der Waals surface area contributed by atoms with Crippen molar-refractivity contribution in [3.8, 4) is 0 Å². The van der Waals surface area contributed by atoms with Gasteiger partial charge < -0.3 is 14.8 Å². The molecular weight excluding hydrogens is 417 g/mol. The molecule has 0 aliphatic rings. The van der Waals surface area contributed by atoms with E-state index in [1.165, 1.54) is 0 Å². The number of amides is 1. The second-order valence-corrected chi connectivity index (χ2v) is 6.64. The van der Waals surface area contributed by atoms with E-state index in [0.717, 1.165) is 14.7 Å². The first kappa shape index (κ1) is 18.7. The predicted molar refractivity (Wildman–Crippen MR) is 90.1 cm³/mol. The number of benzene rings is 2. The van der Waals surface area contributed by atoms with Crippen molar-refractivity contribution in [2.24, 2.45) is 0 Å². The molecule has 4 nitrogen and oxygen atoms in total. The number of carbonyl (C=O) groups is 1. The zero-order valence-electron chi connectivity index (χ0n) is 13.9. The summed E-state index contributed by atoms with van der Waals surface area (Å²) in [5.74, 6) is 0. The molecule has 2 atom stereocenters. The van der Waals surface area contributed by atoms with Crippen LogP contribution in [0.4, 0.5) is 4.79 Å². The van der Waals surface area contributed by atoms with Gasteiger partial charge in [-0.15, -0.1) is 0 Å². The van der Waals surface area contributed by atoms with Gasteiger partial charge in [-0.1, -0.05) is 55.5 Å². The fourth-order valence-corrected chi connectivity index (χ4v) is 3.25. The number of hydrogen-bond donors (Lipinski definition) is 1. The van der Waals surface area contributed by atoms with Crippen LogP contribution in [0.25, 0.3) is 0 Å². The Morgan fingerprint density at radius 2 is 1.79 bits per heavy atom. The number of nitrogens with one attached hydrogen (secondary N) is 1. The maximum atomic E-state index is 12.1. The fourth-order valence-electron chi connectivity index (χ4n) is 2.50. The van der Waals surface area contributed by atoms with Gasteiger partial charge >= 0.3 is 6.09 Å². The summed E-state index contributed by atoms with van der Waals surface area (Å²) < 4.78 is 12.4. The van der Waals surface area contributed by atoms with Gasteiger partial charge in [0.05, 0.1) is 0 Å². The smallest absolute Gasteiger partial charge is 0.407 e. The van der Waals surface area contributed by atoms with Crippen LogP contribution in [-0.4, -0.2) is 19.3 Å². The van der Waals surface area contributed by atoms with Crippen LogP contribution in [0.1, 0.15) is 30.6 Å². The molecule has 0 saturated heterocycles. The number of halogens is 1. The molecule has 0 aliphatic carbocycles. The first-order valence-corrected chi connectivity index (χ1v) is 9.09. The fraction of sp³-hybridized carbons (Fsp3) is 0.316. The highest BCUT2D eigenvalue weighted by Gasteiger charge is 2.28. The summed E-state index contributed by atoms with van der Waals surface area (Å²) in [6, 6.07) is 17.8. The molecule has 0 aromatic heterocycles. The van der Waals surface area contributed by atoms with Crippen LogP contribution in [0.2, 0.25) is 0 Å². The number of methoxy groups -OCH3 is 1. The van der Waals surface area contributed by atoms with E-state index in [4.69, 9.17) is 9.47 Å². The molecule has 5 heteroatoms. The molecule has 2 aromatic rings. The van der Waals surface area contributed by atoms with E-state index >= 15 is 0 Å². The number of carbonyl (C=O) groups excluding carboxylic acids is 1. The lowest BCUT2D eigenvalue weighted by atomic mass is 10.0. The van der Waals surface area contributed by atoms with Crippen molar-refractivity contribution in [1.82, 2.24) is 5.32 Å². The highest BCUT2D eigenvalue weighted by molar-refractivity contribution is 5.67. The Morgan fingerprint density at radius 1 is 1.12 bits per heavy atom. The molecule has 0 bridgehead atoms. The molecule has 0 unspecified atom stereocenters. The summed E-state index contributed by atoms with van der Waals surface area (Å²) in [4.78, 5) is 12.1. The van der Waals surface area contributed by atoms with E-state index < -0.39 is 6.09 Å². The largest absolute Gasteiger partial charge is 0.443 e. The molecule has 0 heterocycles. The summed E-state index contributed by atoms with van der Waals surface area (Å²) in [5.41, 5.74) is 2.08. The molecule has 128 valence electrons. The molecule has 0 fully saturated rings.